The highest BCUT2D eigenvalue weighted by atomic mass is 16.6. The van der Waals surface area contributed by atoms with Gasteiger partial charge in [-0.15, -0.1) is 0 Å². The number of benzene rings is 2. The van der Waals surface area contributed by atoms with Crippen LogP contribution in [0.1, 0.15) is 21.0 Å². The molecule has 0 saturated carbocycles. The fourth-order valence-corrected chi connectivity index (χ4v) is 2.54. The lowest BCUT2D eigenvalue weighted by molar-refractivity contribution is -0.385. The van der Waals surface area contributed by atoms with Crippen LogP contribution in [-0.2, 0) is 0 Å². The molecule has 2 N–H and O–H groups in total. The minimum Gasteiger partial charge on any atom is -0.350 e. The molecule has 13 heteroatoms. The van der Waals surface area contributed by atoms with Gasteiger partial charge in [-0.1, -0.05) is 29.4 Å². The standard InChI is InChI=1S/C18H14N6O7/c25-16(13-6-1-2-7-14(13)24(29)30)19-8-9-20-17(26)18-21-15(22-31-18)11-4-3-5-12(10-11)23(27)28/h1-7,10H,8-9H2,(H,19,25)(H,20,26). The number of amides is 2. The zero-order valence-electron chi connectivity index (χ0n) is 15.7. The Bertz CT molecular complexity index is 1160. The van der Waals surface area contributed by atoms with E-state index in [2.05, 4.69) is 20.8 Å². The van der Waals surface area contributed by atoms with Gasteiger partial charge in [-0.05, 0) is 6.07 Å². The first-order valence-corrected chi connectivity index (χ1v) is 8.75. The Morgan fingerprint density at radius 1 is 0.935 bits per heavy atom. The van der Waals surface area contributed by atoms with E-state index >= 15 is 0 Å². The average molecular weight is 426 g/mol. The Morgan fingerprint density at radius 3 is 2.35 bits per heavy atom. The van der Waals surface area contributed by atoms with Crippen LogP contribution in [0, 0.1) is 20.2 Å². The minimum atomic E-state index is -0.718. The Balaban J connectivity index is 1.54. The van der Waals surface area contributed by atoms with E-state index in [1.54, 1.807) is 0 Å². The molecular weight excluding hydrogens is 412 g/mol. The van der Waals surface area contributed by atoms with Crippen LogP contribution in [-0.4, -0.2) is 44.9 Å². The number of rotatable bonds is 8. The lowest BCUT2D eigenvalue weighted by Gasteiger charge is -2.06. The van der Waals surface area contributed by atoms with Gasteiger partial charge in [0, 0.05) is 36.9 Å². The molecule has 0 aliphatic rings. The third-order valence-electron chi connectivity index (χ3n) is 3.98. The molecule has 3 rings (SSSR count). The SMILES string of the molecule is O=C(NCCNC(=O)c1ccccc1[N+](=O)[O-])c1nc(-c2cccc([N+](=O)[O-])c2)no1. The van der Waals surface area contributed by atoms with Gasteiger partial charge in [0.15, 0.2) is 0 Å². The largest absolute Gasteiger partial charge is 0.350 e. The van der Waals surface area contributed by atoms with Gasteiger partial charge in [0.2, 0.25) is 5.82 Å². The van der Waals surface area contributed by atoms with E-state index in [1.807, 2.05) is 0 Å². The predicted molar refractivity (Wildman–Crippen MR) is 104 cm³/mol. The monoisotopic (exact) mass is 426 g/mol. The van der Waals surface area contributed by atoms with Crippen LogP contribution in [0.5, 0.6) is 0 Å². The topological polar surface area (TPSA) is 183 Å². The lowest BCUT2D eigenvalue weighted by atomic mass is 10.1. The minimum absolute atomic E-state index is 0.00135. The number of non-ortho nitro benzene ring substituents is 1. The summed E-state index contributed by atoms with van der Waals surface area (Å²) >= 11 is 0. The molecule has 0 fully saturated rings. The molecule has 31 heavy (non-hydrogen) atoms. The summed E-state index contributed by atoms with van der Waals surface area (Å²) in [6.07, 6.45) is 0. The number of para-hydroxylation sites is 1. The molecule has 0 unspecified atom stereocenters. The number of aromatic nitrogens is 2. The van der Waals surface area contributed by atoms with Gasteiger partial charge in [0.05, 0.1) is 9.85 Å². The molecule has 158 valence electrons. The molecule has 1 aromatic heterocycles. The average Bonchev–Trinajstić information content (AvgIpc) is 3.27. The Hall–Kier alpha value is -4.68. The number of carbonyl (C=O) groups excluding carboxylic acids is 2. The van der Waals surface area contributed by atoms with E-state index in [9.17, 15) is 29.8 Å². The Morgan fingerprint density at radius 2 is 1.65 bits per heavy atom. The number of nitrogens with one attached hydrogen (secondary N) is 2. The fourth-order valence-electron chi connectivity index (χ4n) is 2.54. The number of nitrogens with zero attached hydrogens (tertiary/aromatic N) is 4. The van der Waals surface area contributed by atoms with Crippen molar-refractivity contribution >= 4 is 23.2 Å². The zero-order chi connectivity index (χ0) is 22.4. The van der Waals surface area contributed by atoms with E-state index in [-0.39, 0.29) is 41.7 Å². The first kappa shape index (κ1) is 21.0. The third-order valence-corrected chi connectivity index (χ3v) is 3.98. The normalized spacial score (nSPS) is 10.3. The number of carbonyl (C=O) groups is 2. The van der Waals surface area contributed by atoms with Gasteiger partial charge in [0.25, 0.3) is 17.3 Å². The van der Waals surface area contributed by atoms with E-state index < -0.39 is 21.7 Å². The summed E-state index contributed by atoms with van der Waals surface area (Å²) in [4.78, 5) is 48.7. The first-order valence-electron chi connectivity index (χ1n) is 8.75. The van der Waals surface area contributed by atoms with Gasteiger partial charge in [-0.2, -0.15) is 4.98 Å². The van der Waals surface area contributed by atoms with Crippen LogP contribution in [0.4, 0.5) is 11.4 Å². The summed E-state index contributed by atoms with van der Waals surface area (Å²) in [5.41, 5.74) is -0.294. The molecule has 2 amide bonds. The van der Waals surface area contributed by atoms with Gasteiger partial charge in [0.1, 0.15) is 5.56 Å². The van der Waals surface area contributed by atoms with Crippen LogP contribution in [0.25, 0.3) is 11.4 Å². The molecule has 0 aliphatic heterocycles. The quantitative estimate of drug-likeness (QED) is 0.307. The highest BCUT2D eigenvalue weighted by molar-refractivity contribution is 5.98. The van der Waals surface area contributed by atoms with Crippen molar-refractivity contribution in [3.8, 4) is 11.4 Å². The van der Waals surface area contributed by atoms with Crippen molar-refractivity contribution in [1.82, 2.24) is 20.8 Å². The molecule has 0 atom stereocenters. The highest BCUT2D eigenvalue weighted by Crippen LogP contribution is 2.21. The van der Waals surface area contributed by atoms with Gasteiger partial charge in [-0.25, -0.2) is 0 Å². The van der Waals surface area contributed by atoms with Crippen LogP contribution in [0.15, 0.2) is 53.1 Å². The Kier molecular flexibility index (Phi) is 6.25. The van der Waals surface area contributed by atoms with Crippen molar-refractivity contribution in [2.75, 3.05) is 13.1 Å². The van der Waals surface area contributed by atoms with Crippen LogP contribution in [0.3, 0.4) is 0 Å². The third kappa shape index (κ3) is 5.03. The Labute approximate surface area is 173 Å². The van der Waals surface area contributed by atoms with E-state index in [0.717, 1.165) is 0 Å². The van der Waals surface area contributed by atoms with Crippen LogP contribution < -0.4 is 10.6 Å². The predicted octanol–water partition coefficient (Wildman–Crippen LogP) is 1.71. The maximum absolute atomic E-state index is 12.1. The second-order valence-electron chi connectivity index (χ2n) is 6.02. The molecule has 0 aliphatic carbocycles. The maximum Gasteiger partial charge on any atom is 0.316 e. The summed E-state index contributed by atoms with van der Waals surface area (Å²) in [5.74, 6) is -1.75. The van der Waals surface area contributed by atoms with Gasteiger partial charge < -0.3 is 15.2 Å². The molecule has 0 saturated heterocycles. The fraction of sp³-hybridized carbons (Fsp3) is 0.111. The molecule has 1 heterocycles. The van der Waals surface area contributed by atoms with Crippen LogP contribution in [0.2, 0.25) is 0 Å². The van der Waals surface area contributed by atoms with Crippen molar-refractivity contribution < 1.29 is 24.0 Å². The number of nitro groups is 2. The molecule has 0 spiro atoms. The zero-order valence-corrected chi connectivity index (χ0v) is 15.7. The van der Waals surface area contributed by atoms with Gasteiger partial charge in [-0.3, -0.25) is 29.8 Å². The molecule has 0 bridgehead atoms. The summed E-state index contributed by atoms with van der Waals surface area (Å²) in [5, 5.41) is 30.4. The maximum atomic E-state index is 12.1. The number of hydrogen-bond donors (Lipinski definition) is 2. The first-order chi connectivity index (χ1) is 14.9. The van der Waals surface area contributed by atoms with E-state index in [0.29, 0.717) is 5.56 Å². The number of nitro benzene ring substituents is 2. The van der Waals surface area contributed by atoms with Gasteiger partial charge >= 0.3 is 11.8 Å². The second kappa shape index (κ2) is 9.21. The second-order valence-corrected chi connectivity index (χ2v) is 6.02. The van der Waals surface area contributed by atoms with Crippen molar-refractivity contribution in [2.24, 2.45) is 0 Å². The molecule has 13 nitrogen and oxygen atoms in total. The van der Waals surface area contributed by atoms with Crippen molar-refractivity contribution in [1.29, 1.82) is 0 Å². The summed E-state index contributed by atoms with van der Waals surface area (Å²) in [7, 11) is 0. The molecular formula is C18H14N6O7. The molecule has 3 aromatic rings. The molecule has 0 radical (unpaired) electrons. The summed E-state index contributed by atoms with van der Waals surface area (Å²) < 4.78 is 4.87. The summed E-state index contributed by atoms with van der Waals surface area (Å²) in [6.45, 7) is -0.0256. The summed E-state index contributed by atoms with van der Waals surface area (Å²) in [6, 6.07) is 11.0. The highest BCUT2D eigenvalue weighted by Gasteiger charge is 2.20. The van der Waals surface area contributed by atoms with E-state index in [1.165, 1.54) is 48.5 Å². The smallest absolute Gasteiger partial charge is 0.316 e. The van der Waals surface area contributed by atoms with Crippen molar-refractivity contribution in [2.45, 2.75) is 0 Å². The van der Waals surface area contributed by atoms with Crippen LogP contribution >= 0.6 is 0 Å². The molecule has 2 aromatic carbocycles. The van der Waals surface area contributed by atoms with Crippen molar-refractivity contribution in [3.05, 3.63) is 80.2 Å². The van der Waals surface area contributed by atoms with E-state index in [4.69, 9.17) is 4.52 Å². The lowest BCUT2D eigenvalue weighted by Crippen LogP contribution is -2.35. The van der Waals surface area contributed by atoms with Crippen molar-refractivity contribution in [3.63, 3.8) is 0 Å². The number of hydrogen-bond acceptors (Lipinski definition) is 9.